The smallest absolute Gasteiger partial charge is 0.338 e. The lowest BCUT2D eigenvalue weighted by Gasteiger charge is -2.35. The molecule has 7 nitrogen and oxygen atoms in total. The van der Waals surface area contributed by atoms with Gasteiger partial charge >= 0.3 is 5.97 Å². The second-order valence-corrected chi connectivity index (χ2v) is 8.98. The molecule has 0 bridgehead atoms. The summed E-state index contributed by atoms with van der Waals surface area (Å²) in [4.78, 5) is 31.5. The number of fused-ring (bicyclic) bond motifs is 1. The molecule has 34 heavy (non-hydrogen) atoms. The van der Waals surface area contributed by atoms with Crippen LogP contribution < -0.4 is 15.0 Å². The highest BCUT2D eigenvalue weighted by atomic mass is 16.5. The minimum absolute atomic E-state index is 0.150. The highest BCUT2D eigenvalue weighted by Crippen LogP contribution is 2.30. The second-order valence-electron chi connectivity index (χ2n) is 8.98. The third-order valence-electron chi connectivity index (χ3n) is 5.90. The van der Waals surface area contributed by atoms with Crippen LogP contribution in [0.25, 0.3) is 10.9 Å². The fourth-order valence-electron chi connectivity index (χ4n) is 4.50. The normalized spacial score (nSPS) is 17.9. The lowest BCUT2D eigenvalue weighted by atomic mass is 9.92. The average molecular weight is 462 g/mol. The Morgan fingerprint density at radius 2 is 1.76 bits per heavy atom. The van der Waals surface area contributed by atoms with Crippen molar-refractivity contribution in [2.24, 2.45) is 11.8 Å². The first-order valence-corrected chi connectivity index (χ1v) is 11.8. The lowest BCUT2D eigenvalue weighted by Crippen LogP contribution is -2.39. The quantitative estimate of drug-likeness (QED) is 0.504. The molecule has 1 N–H and O–H groups in total. The predicted molar refractivity (Wildman–Crippen MR) is 133 cm³/mol. The molecule has 1 saturated heterocycles. The van der Waals surface area contributed by atoms with Gasteiger partial charge in [-0.3, -0.25) is 4.79 Å². The summed E-state index contributed by atoms with van der Waals surface area (Å²) in [6.07, 6.45) is 1.24. The van der Waals surface area contributed by atoms with E-state index in [0.717, 1.165) is 29.8 Å². The third-order valence-corrected chi connectivity index (χ3v) is 5.90. The van der Waals surface area contributed by atoms with Crippen molar-refractivity contribution in [1.29, 1.82) is 0 Å². The molecule has 1 fully saturated rings. The van der Waals surface area contributed by atoms with Crippen LogP contribution in [-0.4, -0.2) is 43.2 Å². The van der Waals surface area contributed by atoms with Gasteiger partial charge in [-0.1, -0.05) is 26.0 Å². The van der Waals surface area contributed by atoms with Crippen molar-refractivity contribution in [3.63, 3.8) is 0 Å². The molecule has 3 aromatic rings. The molecule has 0 saturated carbocycles. The minimum Gasteiger partial charge on any atom is -0.481 e. The number of aromatic nitrogens is 1. The number of carbonyl (C=O) groups excluding carboxylic acids is 2. The van der Waals surface area contributed by atoms with Gasteiger partial charge in [0.25, 0.3) is 5.91 Å². The van der Waals surface area contributed by atoms with E-state index < -0.39 is 0 Å². The number of para-hydroxylation sites is 1. The number of pyridine rings is 1. The second kappa shape index (κ2) is 10.5. The van der Waals surface area contributed by atoms with Gasteiger partial charge in [-0.15, -0.1) is 0 Å². The number of benzene rings is 2. The third kappa shape index (κ3) is 5.65. The van der Waals surface area contributed by atoms with E-state index in [1.54, 1.807) is 31.2 Å². The maximum Gasteiger partial charge on any atom is 0.338 e. The van der Waals surface area contributed by atoms with Gasteiger partial charge in [0.15, 0.2) is 6.61 Å². The van der Waals surface area contributed by atoms with E-state index in [9.17, 15) is 9.59 Å². The first-order chi connectivity index (χ1) is 16.4. The van der Waals surface area contributed by atoms with E-state index >= 15 is 0 Å². The summed E-state index contributed by atoms with van der Waals surface area (Å²) in [5.74, 6) is 2.08. The van der Waals surface area contributed by atoms with Crippen LogP contribution in [0.4, 0.5) is 11.5 Å². The molecular weight excluding hydrogens is 430 g/mol. The highest BCUT2D eigenvalue weighted by molar-refractivity contribution is 5.94. The van der Waals surface area contributed by atoms with Crippen molar-refractivity contribution in [3.8, 4) is 5.75 Å². The fourth-order valence-corrected chi connectivity index (χ4v) is 4.50. The molecule has 1 aromatic heterocycles. The molecule has 2 unspecified atom stereocenters. The van der Waals surface area contributed by atoms with E-state index in [4.69, 9.17) is 14.5 Å². The molecule has 0 radical (unpaired) electrons. The summed E-state index contributed by atoms with van der Waals surface area (Å²) in [5.41, 5.74) is 1.76. The maximum absolute atomic E-state index is 12.5. The largest absolute Gasteiger partial charge is 0.481 e. The molecule has 4 rings (SSSR count). The van der Waals surface area contributed by atoms with Gasteiger partial charge in [0.05, 0.1) is 12.2 Å². The van der Waals surface area contributed by atoms with E-state index in [-0.39, 0.29) is 18.5 Å². The van der Waals surface area contributed by atoms with Gasteiger partial charge in [-0.05, 0) is 67.6 Å². The van der Waals surface area contributed by atoms with E-state index in [2.05, 4.69) is 36.2 Å². The van der Waals surface area contributed by atoms with Gasteiger partial charge in [0, 0.05) is 24.2 Å². The SMILES string of the molecule is CCOC(=O)c1ccc(NC(=O)COc2cccc3ccc(N4CC(C)CC(C)C4)nc23)cc1. The molecule has 2 atom stereocenters. The van der Waals surface area contributed by atoms with Gasteiger partial charge in [0.2, 0.25) is 0 Å². The van der Waals surface area contributed by atoms with E-state index in [1.165, 1.54) is 6.42 Å². The fraction of sp³-hybridized carbons (Fsp3) is 0.370. The van der Waals surface area contributed by atoms with Gasteiger partial charge in [-0.25, -0.2) is 9.78 Å². The Labute approximate surface area is 200 Å². The molecule has 7 heteroatoms. The van der Waals surface area contributed by atoms with Gasteiger partial charge in [0.1, 0.15) is 17.1 Å². The number of hydrogen-bond acceptors (Lipinski definition) is 6. The number of nitrogens with one attached hydrogen (secondary N) is 1. The lowest BCUT2D eigenvalue weighted by molar-refractivity contribution is -0.118. The zero-order chi connectivity index (χ0) is 24.1. The molecule has 1 aliphatic heterocycles. The Hall–Kier alpha value is -3.61. The molecule has 1 aliphatic rings. The number of hydrogen-bond donors (Lipinski definition) is 1. The van der Waals surface area contributed by atoms with Crippen LogP contribution in [0.3, 0.4) is 0 Å². The number of carbonyl (C=O) groups is 2. The van der Waals surface area contributed by atoms with Crippen molar-refractivity contribution in [1.82, 2.24) is 4.98 Å². The van der Waals surface area contributed by atoms with Crippen molar-refractivity contribution < 1.29 is 19.1 Å². The van der Waals surface area contributed by atoms with Crippen LogP contribution in [0.5, 0.6) is 5.75 Å². The first kappa shape index (κ1) is 23.5. The molecule has 1 amide bonds. The van der Waals surface area contributed by atoms with E-state index in [1.807, 2.05) is 18.2 Å². The Morgan fingerprint density at radius 1 is 1.03 bits per heavy atom. The van der Waals surface area contributed by atoms with Crippen LogP contribution >= 0.6 is 0 Å². The van der Waals surface area contributed by atoms with Crippen molar-refractivity contribution in [3.05, 3.63) is 60.2 Å². The zero-order valence-corrected chi connectivity index (χ0v) is 19.9. The number of amides is 1. The molecule has 0 aliphatic carbocycles. The number of nitrogens with zero attached hydrogens (tertiary/aromatic N) is 2. The van der Waals surface area contributed by atoms with E-state index in [0.29, 0.717) is 35.4 Å². The summed E-state index contributed by atoms with van der Waals surface area (Å²) in [5, 5.41) is 3.75. The molecule has 0 spiro atoms. The Kier molecular flexibility index (Phi) is 7.30. The Balaban J connectivity index is 1.42. The van der Waals surface area contributed by atoms with Crippen molar-refractivity contribution in [2.75, 3.05) is 36.5 Å². The monoisotopic (exact) mass is 461 g/mol. The van der Waals surface area contributed by atoms with Gasteiger partial charge < -0.3 is 19.7 Å². The number of ether oxygens (including phenoxy) is 2. The summed E-state index contributed by atoms with van der Waals surface area (Å²) >= 11 is 0. The first-order valence-electron chi connectivity index (χ1n) is 11.8. The number of rotatable bonds is 7. The van der Waals surface area contributed by atoms with Crippen LogP contribution in [0.1, 0.15) is 37.6 Å². The van der Waals surface area contributed by atoms with Crippen LogP contribution in [-0.2, 0) is 9.53 Å². The summed E-state index contributed by atoms with van der Waals surface area (Å²) < 4.78 is 10.8. The predicted octanol–water partition coefficient (Wildman–Crippen LogP) is 4.91. The topological polar surface area (TPSA) is 80.8 Å². The standard InChI is InChI=1S/C27H31N3O4/c1-4-33-27(32)21-8-11-22(12-9-21)28-25(31)17-34-23-7-5-6-20-10-13-24(29-26(20)23)30-15-18(2)14-19(3)16-30/h5-13,18-19H,4,14-17H2,1-3H3,(H,28,31). The number of anilines is 2. The van der Waals surface area contributed by atoms with Crippen LogP contribution in [0.15, 0.2) is 54.6 Å². The maximum atomic E-state index is 12.5. The average Bonchev–Trinajstić information content (AvgIpc) is 2.82. The summed E-state index contributed by atoms with van der Waals surface area (Å²) in [6.45, 7) is 8.46. The summed E-state index contributed by atoms with van der Waals surface area (Å²) in [6, 6.07) is 16.4. The number of piperidine rings is 1. The Bertz CT molecular complexity index is 1150. The van der Waals surface area contributed by atoms with Crippen LogP contribution in [0, 0.1) is 11.8 Å². The highest BCUT2D eigenvalue weighted by Gasteiger charge is 2.23. The Morgan fingerprint density at radius 3 is 2.47 bits per heavy atom. The van der Waals surface area contributed by atoms with Crippen LogP contribution in [0.2, 0.25) is 0 Å². The summed E-state index contributed by atoms with van der Waals surface area (Å²) in [7, 11) is 0. The van der Waals surface area contributed by atoms with Gasteiger partial charge in [-0.2, -0.15) is 0 Å². The number of esters is 1. The zero-order valence-electron chi connectivity index (χ0n) is 19.9. The van der Waals surface area contributed by atoms with Crippen molar-refractivity contribution >= 4 is 34.3 Å². The molecule has 178 valence electrons. The molecule has 2 heterocycles. The van der Waals surface area contributed by atoms with Crippen molar-refractivity contribution in [2.45, 2.75) is 27.2 Å². The molecular formula is C27H31N3O4. The minimum atomic E-state index is -0.389. The molecule has 2 aromatic carbocycles.